The van der Waals surface area contributed by atoms with Gasteiger partial charge in [0.25, 0.3) is 0 Å². The molecule has 2 aromatic carbocycles. The van der Waals surface area contributed by atoms with E-state index >= 15 is 0 Å². The highest BCUT2D eigenvalue weighted by Crippen LogP contribution is 2.19. The molecule has 0 aliphatic carbocycles. The Bertz CT molecular complexity index is 763. The number of fused-ring (bicyclic) bond motifs is 1. The van der Waals surface area contributed by atoms with Crippen molar-refractivity contribution in [3.63, 3.8) is 0 Å². The van der Waals surface area contributed by atoms with E-state index in [0.29, 0.717) is 11.9 Å². The van der Waals surface area contributed by atoms with Gasteiger partial charge in [-0.25, -0.2) is 4.79 Å². The quantitative estimate of drug-likeness (QED) is 0.779. The first kappa shape index (κ1) is 13.4. The molecule has 0 bridgehead atoms. The molecule has 0 amide bonds. The van der Waals surface area contributed by atoms with E-state index in [4.69, 9.17) is 0 Å². The molecule has 0 radical (unpaired) electrons. The topological polar surface area (TPSA) is 55.1 Å². The molecule has 0 aliphatic rings. The van der Waals surface area contributed by atoms with E-state index < -0.39 is 5.97 Å². The lowest BCUT2D eigenvalue weighted by molar-refractivity contribution is 0.0691. The largest absolute Gasteiger partial charge is 0.476 e. The predicted molar refractivity (Wildman–Crippen MR) is 81.5 cm³/mol. The van der Waals surface area contributed by atoms with Crippen molar-refractivity contribution in [3.8, 4) is 0 Å². The van der Waals surface area contributed by atoms with E-state index in [2.05, 4.69) is 17.2 Å². The van der Waals surface area contributed by atoms with E-state index in [-0.39, 0.29) is 5.69 Å². The monoisotopic (exact) mass is 280 g/mol. The molecular weight excluding hydrogens is 264 g/mol. The zero-order chi connectivity index (χ0) is 14.7. The molecule has 0 spiro atoms. The van der Waals surface area contributed by atoms with Crippen LogP contribution in [0, 0.1) is 0 Å². The SMILES string of the molecule is O=C(O)c1nn(CCCc2ccccc2)c2ccccc12. The van der Waals surface area contributed by atoms with Crippen LogP contribution in [0.25, 0.3) is 10.9 Å². The summed E-state index contributed by atoms with van der Waals surface area (Å²) in [6.07, 6.45) is 1.88. The molecule has 0 atom stereocenters. The number of aromatic carboxylic acids is 1. The highest BCUT2D eigenvalue weighted by atomic mass is 16.4. The van der Waals surface area contributed by atoms with Crippen LogP contribution in [0.5, 0.6) is 0 Å². The number of carbonyl (C=O) groups is 1. The lowest BCUT2D eigenvalue weighted by Crippen LogP contribution is -2.04. The average Bonchev–Trinajstić information content (AvgIpc) is 2.88. The van der Waals surface area contributed by atoms with Gasteiger partial charge in [-0.3, -0.25) is 4.68 Å². The molecule has 1 heterocycles. The summed E-state index contributed by atoms with van der Waals surface area (Å²) in [5.74, 6) is -0.979. The first-order valence-corrected chi connectivity index (χ1v) is 6.98. The minimum atomic E-state index is -0.979. The summed E-state index contributed by atoms with van der Waals surface area (Å²) in [5, 5.41) is 14.2. The molecule has 1 N–H and O–H groups in total. The van der Waals surface area contributed by atoms with Crippen LogP contribution in [-0.4, -0.2) is 20.9 Å². The maximum atomic E-state index is 11.2. The number of aryl methyl sites for hydroxylation is 2. The van der Waals surface area contributed by atoms with Gasteiger partial charge in [0.2, 0.25) is 0 Å². The summed E-state index contributed by atoms with van der Waals surface area (Å²) in [6, 6.07) is 17.7. The Kier molecular flexibility index (Phi) is 3.69. The normalized spacial score (nSPS) is 10.9. The number of carboxylic acid groups (broad SMARTS) is 1. The third kappa shape index (κ3) is 2.79. The Hall–Kier alpha value is -2.62. The smallest absolute Gasteiger partial charge is 0.357 e. The van der Waals surface area contributed by atoms with Crippen LogP contribution in [0.1, 0.15) is 22.5 Å². The van der Waals surface area contributed by atoms with Crippen LogP contribution >= 0.6 is 0 Å². The van der Waals surface area contributed by atoms with Crippen LogP contribution in [0.2, 0.25) is 0 Å². The van der Waals surface area contributed by atoms with Gasteiger partial charge in [0.05, 0.1) is 5.52 Å². The molecule has 0 saturated heterocycles. The third-order valence-electron chi connectivity index (χ3n) is 3.54. The lowest BCUT2D eigenvalue weighted by atomic mass is 10.1. The number of hydrogen-bond acceptors (Lipinski definition) is 2. The fourth-order valence-electron chi connectivity index (χ4n) is 2.53. The molecule has 3 rings (SSSR count). The van der Waals surface area contributed by atoms with Gasteiger partial charge in [0, 0.05) is 11.9 Å². The summed E-state index contributed by atoms with van der Waals surface area (Å²) in [6.45, 7) is 0.711. The zero-order valence-corrected chi connectivity index (χ0v) is 11.6. The molecule has 0 fully saturated rings. The van der Waals surface area contributed by atoms with Gasteiger partial charge in [-0.1, -0.05) is 48.5 Å². The van der Waals surface area contributed by atoms with Crippen molar-refractivity contribution in [2.75, 3.05) is 0 Å². The number of benzene rings is 2. The van der Waals surface area contributed by atoms with Gasteiger partial charge in [-0.2, -0.15) is 5.10 Å². The molecule has 21 heavy (non-hydrogen) atoms. The van der Waals surface area contributed by atoms with E-state index in [9.17, 15) is 9.90 Å². The first-order valence-electron chi connectivity index (χ1n) is 6.98. The van der Waals surface area contributed by atoms with Gasteiger partial charge in [0.1, 0.15) is 0 Å². The molecule has 3 aromatic rings. The van der Waals surface area contributed by atoms with Crippen LogP contribution in [0.4, 0.5) is 0 Å². The number of nitrogens with zero attached hydrogens (tertiary/aromatic N) is 2. The molecule has 1 aromatic heterocycles. The molecule has 0 saturated carbocycles. The zero-order valence-electron chi connectivity index (χ0n) is 11.6. The maximum Gasteiger partial charge on any atom is 0.357 e. The number of hydrogen-bond donors (Lipinski definition) is 1. The Morgan fingerprint density at radius 3 is 2.52 bits per heavy atom. The number of para-hydroxylation sites is 1. The summed E-state index contributed by atoms with van der Waals surface area (Å²) in [4.78, 5) is 11.2. The highest BCUT2D eigenvalue weighted by molar-refractivity contribution is 6.01. The van der Waals surface area contributed by atoms with E-state index in [1.54, 1.807) is 10.7 Å². The minimum Gasteiger partial charge on any atom is -0.476 e. The van der Waals surface area contributed by atoms with Crippen LogP contribution in [0.3, 0.4) is 0 Å². The standard InChI is InChI=1S/C17H16N2O2/c20-17(21)16-14-10-4-5-11-15(14)19(18-16)12-6-9-13-7-2-1-3-8-13/h1-5,7-8,10-11H,6,9,12H2,(H,20,21). The molecule has 0 aliphatic heterocycles. The molecule has 4 heteroatoms. The van der Waals surface area contributed by atoms with Crippen molar-refractivity contribution in [1.82, 2.24) is 9.78 Å². The second-order valence-corrected chi connectivity index (χ2v) is 4.98. The average molecular weight is 280 g/mol. The van der Waals surface area contributed by atoms with Crippen molar-refractivity contribution in [1.29, 1.82) is 0 Å². The van der Waals surface area contributed by atoms with Crippen LogP contribution < -0.4 is 0 Å². The Labute approximate surface area is 122 Å². The first-order chi connectivity index (χ1) is 10.3. The van der Waals surface area contributed by atoms with Crippen LogP contribution in [0.15, 0.2) is 54.6 Å². The number of aromatic nitrogens is 2. The summed E-state index contributed by atoms with van der Waals surface area (Å²) in [7, 11) is 0. The van der Waals surface area contributed by atoms with Crippen molar-refractivity contribution in [2.45, 2.75) is 19.4 Å². The summed E-state index contributed by atoms with van der Waals surface area (Å²) < 4.78 is 1.79. The van der Waals surface area contributed by atoms with Crippen molar-refractivity contribution >= 4 is 16.9 Å². The molecular formula is C17H16N2O2. The Balaban J connectivity index is 1.79. The van der Waals surface area contributed by atoms with Gasteiger partial charge >= 0.3 is 5.97 Å². The number of carboxylic acids is 1. The summed E-state index contributed by atoms with van der Waals surface area (Å²) >= 11 is 0. The van der Waals surface area contributed by atoms with Gasteiger partial charge in [-0.15, -0.1) is 0 Å². The minimum absolute atomic E-state index is 0.130. The van der Waals surface area contributed by atoms with E-state index in [0.717, 1.165) is 18.4 Å². The second kappa shape index (κ2) is 5.79. The highest BCUT2D eigenvalue weighted by Gasteiger charge is 2.15. The van der Waals surface area contributed by atoms with Crippen molar-refractivity contribution in [2.24, 2.45) is 0 Å². The van der Waals surface area contributed by atoms with Crippen LogP contribution in [-0.2, 0) is 13.0 Å². The lowest BCUT2D eigenvalue weighted by Gasteiger charge is -2.04. The van der Waals surface area contributed by atoms with Crippen molar-refractivity contribution in [3.05, 3.63) is 65.9 Å². The molecule has 4 nitrogen and oxygen atoms in total. The molecule has 106 valence electrons. The fourth-order valence-corrected chi connectivity index (χ4v) is 2.53. The third-order valence-corrected chi connectivity index (χ3v) is 3.54. The van der Waals surface area contributed by atoms with Gasteiger partial charge in [-0.05, 0) is 24.5 Å². The van der Waals surface area contributed by atoms with Gasteiger partial charge < -0.3 is 5.11 Å². The Morgan fingerprint density at radius 2 is 1.76 bits per heavy atom. The summed E-state index contributed by atoms with van der Waals surface area (Å²) in [5.41, 5.74) is 2.29. The predicted octanol–water partition coefficient (Wildman–Crippen LogP) is 3.37. The van der Waals surface area contributed by atoms with Gasteiger partial charge in [0.15, 0.2) is 5.69 Å². The fraction of sp³-hybridized carbons (Fsp3) is 0.176. The Morgan fingerprint density at radius 1 is 1.05 bits per heavy atom. The molecule has 0 unspecified atom stereocenters. The maximum absolute atomic E-state index is 11.2. The van der Waals surface area contributed by atoms with E-state index in [1.165, 1.54) is 5.56 Å². The number of rotatable bonds is 5. The van der Waals surface area contributed by atoms with E-state index in [1.807, 2.05) is 36.4 Å². The van der Waals surface area contributed by atoms with Crippen molar-refractivity contribution < 1.29 is 9.90 Å². The second-order valence-electron chi connectivity index (χ2n) is 4.98.